The Balaban J connectivity index is 2.14. The molecule has 0 saturated heterocycles. The second-order valence-electron chi connectivity index (χ2n) is 6.87. The van der Waals surface area contributed by atoms with Gasteiger partial charge in [-0.05, 0) is 53.6 Å². The fourth-order valence-electron chi connectivity index (χ4n) is 2.79. The second kappa shape index (κ2) is 8.39. The van der Waals surface area contributed by atoms with Crippen molar-refractivity contribution in [2.45, 2.75) is 46.5 Å². The maximum Gasteiger partial charge on any atom is 0.262 e. The van der Waals surface area contributed by atoms with Gasteiger partial charge in [0.1, 0.15) is 5.75 Å². The first kappa shape index (κ1) is 19.3. The van der Waals surface area contributed by atoms with E-state index in [0.717, 1.165) is 22.4 Å². The summed E-state index contributed by atoms with van der Waals surface area (Å²) in [5, 5.41) is 3.71. The maximum absolute atomic E-state index is 12.5. The van der Waals surface area contributed by atoms with Crippen molar-refractivity contribution in [1.82, 2.24) is 0 Å². The van der Waals surface area contributed by atoms with Gasteiger partial charge in [0, 0.05) is 10.7 Å². The van der Waals surface area contributed by atoms with E-state index in [9.17, 15) is 4.79 Å². The van der Waals surface area contributed by atoms with Crippen LogP contribution in [0.5, 0.6) is 5.75 Å². The van der Waals surface area contributed by atoms with Crippen LogP contribution in [0.15, 0.2) is 36.4 Å². The summed E-state index contributed by atoms with van der Waals surface area (Å²) in [6, 6.07) is 11.5. The number of hydrogen-bond acceptors (Lipinski definition) is 2. The Morgan fingerprint density at radius 2 is 1.68 bits per heavy atom. The highest BCUT2D eigenvalue weighted by Crippen LogP contribution is 2.32. The van der Waals surface area contributed by atoms with Crippen molar-refractivity contribution >= 4 is 23.2 Å². The molecule has 2 rings (SSSR count). The van der Waals surface area contributed by atoms with Crippen LogP contribution in [0.25, 0.3) is 0 Å². The SMILES string of the molecule is Cc1cc(Cl)ccc1OCC(=O)Nc1c(C(C)C)cccc1C(C)C. The fourth-order valence-corrected chi connectivity index (χ4v) is 3.02. The zero-order chi connectivity index (χ0) is 18.6. The van der Waals surface area contributed by atoms with Crippen molar-refractivity contribution in [2.24, 2.45) is 0 Å². The number of hydrogen-bond donors (Lipinski definition) is 1. The zero-order valence-electron chi connectivity index (χ0n) is 15.5. The molecule has 0 heterocycles. The van der Waals surface area contributed by atoms with Crippen molar-refractivity contribution in [3.63, 3.8) is 0 Å². The summed E-state index contributed by atoms with van der Waals surface area (Å²) in [6.45, 7) is 10.4. The van der Waals surface area contributed by atoms with E-state index in [-0.39, 0.29) is 12.5 Å². The summed E-state index contributed by atoms with van der Waals surface area (Å²) in [4.78, 5) is 12.5. The average Bonchev–Trinajstić information content (AvgIpc) is 2.53. The van der Waals surface area contributed by atoms with Gasteiger partial charge in [0.25, 0.3) is 5.91 Å². The molecule has 0 aromatic heterocycles. The summed E-state index contributed by atoms with van der Waals surface area (Å²) in [5.41, 5.74) is 4.10. The van der Waals surface area contributed by atoms with Gasteiger partial charge in [-0.3, -0.25) is 4.79 Å². The first-order valence-corrected chi connectivity index (χ1v) is 8.99. The Morgan fingerprint density at radius 3 is 2.20 bits per heavy atom. The Hall–Kier alpha value is -2.00. The van der Waals surface area contributed by atoms with E-state index in [1.54, 1.807) is 12.1 Å². The number of halogens is 1. The van der Waals surface area contributed by atoms with E-state index in [1.807, 2.05) is 19.1 Å². The molecule has 0 bridgehead atoms. The number of carbonyl (C=O) groups is 1. The molecule has 0 unspecified atom stereocenters. The highest BCUT2D eigenvalue weighted by atomic mass is 35.5. The van der Waals surface area contributed by atoms with E-state index in [2.05, 4.69) is 45.1 Å². The van der Waals surface area contributed by atoms with E-state index >= 15 is 0 Å². The average molecular weight is 360 g/mol. The number of rotatable bonds is 6. The number of ether oxygens (including phenoxy) is 1. The van der Waals surface area contributed by atoms with Crippen LogP contribution in [0.4, 0.5) is 5.69 Å². The number of nitrogens with one attached hydrogen (secondary N) is 1. The molecular weight excluding hydrogens is 334 g/mol. The predicted octanol–water partition coefficient (Wildman–Crippen LogP) is 5.91. The van der Waals surface area contributed by atoms with Gasteiger partial charge >= 0.3 is 0 Å². The minimum Gasteiger partial charge on any atom is -0.483 e. The van der Waals surface area contributed by atoms with Crippen molar-refractivity contribution in [3.8, 4) is 5.75 Å². The van der Waals surface area contributed by atoms with Crippen LogP contribution in [-0.2, 0) is 4.79 Å². The lowest BCUT2D eigenvalue weighted by Crippen LogP contribution is -2.22. The molecule has 4 heteroatoms. The molecule has 1 N–H and O–H groups in total. The van der Waals surface area contributed by atoms with Crippen molar-refractivity contribution in [2.75, 3.05) is 11.9 Å². The third-order valence-electron chi connectivity index (χ3n) is 4.13. The van der Waals surface area contributed by atoms with Gasteiger partial charge in [0.2, 0.25) is 0 Å². The van der Waals surface area contributed by atoms with Gasteiger partial charge in [-0.2, -0.15) is 0 Å². The molecule has 0 radical (unpaired) electrons. The highest BCUT2D eigenvalue weighted by molar-refractivity contribution is 6.30. The van der Waals surface area contributed by atoms with Gasteiger partial charge in [-0.1, -0.05) is 57.5 Å². The maximum atomic E-state index is 12.5. The molecule has 0 spiro atoms. The van der Waals surface area contributed by atoms with E-state index in [1.165, 1.54) is 0 Å². The van der Waals surface area contributed by atoms with Crippen LogP contribution in [0.2, 0.25) is 5.02 Å². The quantitative estimate of drug-likeness (QED) is 0.695. The molecule has 2 aromatic carbocycles. The summed E-state index contributed by atoms with van der Waals surface area (Å²) >= 11 is 5.95. The van der Waals surface area contributed by atoms with Crippen LogP contribution in [0.1, 0.15) is 56.2 Å². The third-order valence-corrected chi connectivity index (χ3v) is 4.37. The smallest absolute Gasteiger partial charge is 0.262 e. The lowest BCUT2D eigenvalue weighted by atomic mass is 9.92. The first-order chi connectivity index (χ1) is 11.8. The normalized spacial score (nSPS) is 11.0. The fraction of sp³-hybridized carbons (Fsp3) is 0.381. The minimum atomic E-state index is -0.163. The summed E-state index contributed by atoms with van der Waals surface area (Å²) in [7, 11) is 0. The molecule has 0 aliphatic heterocycles. The molecule has 0 saturated carbocycles. The molecule has 2 aromatic rings. The van der Waals surface area contributed by atoms with E-state index < -0.39 is 0 Å². The van der Waals surface area contributed by atoms with Crippen molar-refractivity contribution in [1.29, 1.82) is 0 Å². The van der Waals surface area contributed by atoms with Crippen LogP contribution >= 0.6 is 11.6 Å². The lowest BCUT2D eigenvalue weighted by Gasteiger charge is -2.20. The Morgan fingerprint density at radius 1 is 1.08 bits per heavy atom. The third kappa shape index (κ3) is 4.99. The molecule has 0 aliphatic rings. The van der Waals surface area contributed by atoms with Gasteiger partial charge in [-0.25, -0.2) is 0 Å². The highest BCUT2D eigenvalue weighted by Gasteiger charge is 2.16. The standard InChI is InChI=1S/C21H26ClNO2/c1-13(2)17-7-6-8-18(14(3)4)21(17)23-20(24)12-25-19-10-9-16(22)11-15(19)5/h6-11,13-14H,12H2,1-5H3,(H,23,24). The van der Waals surface area contributed by atoms with Gasteiger partial charge in [0.05, 0.1) is 0 Å². The van der Waals surface area contributed by atoms with Crippen LogP contribution in [-0.4, -0.2) is 12.5 Å². The summed E-state index contributed by atoms with van der Waals surface area (Å²) in [6.07, 6.45) is 0. The molecule has 0 atom stereocenters. The van der Waals surface area contributed by atoms with Gasteiger partial charge in [0.15, 0.2) is 6.61 Å². The van der Waals surface area contributed by atoms with Gasteiger partial charge in [-0.15, -0.1) is 0 Å². The largest absolute Gasteiger partial charge is 0.483 e. The molecule has 1 amide bonds. The lowest BCUT2D eigenvalue weighted by molar-refractivity contribution is -0.118. The zero-order valence-corrected chi connectivity index (χ0v) is 16.3. The second-order valence-corrected chi connectivity index (χ2v) is 7.30. The molecule has 0 fully saturated rings. The molecule has 3 nitrogen and oxygen atoms in total. The molecule has 134 valence electrons. The minimum absolute atomic E-state index is 0.0353. The molecule has 25 heavy (non-hydrogen) atoms. The number of benzene rings is 2. The van der Waals surface area contributed by atoms with Crippen LogP contribution < -0.4 is 10.1 Å². The van der Waals surface area contributed by atoms with Crippen LogP contribution in [0.3, 0.4) is 0 Å². The number of carbonyl (C=O) groups excluding carboxylic acids is 1. The van der Waals surface area contributed by atoms with Crippen molar-refractivity contribution in [3.05, 3.63) is 58.1 Å². The summed E-state index contributed by atoms with van der Waals surface area (Å²) < 4.78 is 5.66. The molecule has 0 aliphatic carbocycles. The molecular formula is C21H26ClNO2. The Bertz CT molecular complexity index is 727. The van der Waals surface area contributed by atoms with Crippen LogP contribution in [0, 0.1) is 6.92 Å². The topological polar surface area (TPSA) is 38.3 Å². The monoisotopic (exact) mass is 359 g/mol. The Kier molecular flexibility index (Phi) is 6.49. The summed E-state index contributed by atoms with van der Waals surface area (Å²) in [5.74, 6) is 1.16. The Labute approximate surface area is 155 Å². The van der Waals surface area contributed by atoms with Crippen molar-refractivity contribution < 1.29 is 9.53 Å². The number of anilines is 1. The number of aryl methyl sites for hydroxylation is 1. The van der Waals surface area contributed by atoms with Gasteiger partial charge < -0.3 is 10.1 Å². The van der Waals surface area contributed by atoms with E-state index in [0.29, 0.717) is 22.6 Å². The first-order valence-electron chi connectivity index (χ1n) is 8.61. The number of amides is 1. The number of para-hydroxylation sites is 1. The predicted molar refractivity (Wildman–Crippen MR) is 105 cm³/mol. The van der Waals surface area contributed by atoms with E-state index in [4.69, 9.17) is 16.3 Å².